The average Bonchev–Trinajstić information content (AvgIpc) is 2.78. The van der Waals surface area contributed by atoms with Gasteiger partial charge in [0, 0.05) is 29.4 Å². The SMILES string of the molecule is COc1cc([C@@H]2C3=C(CCCC3=O)N=C(SCc3ccccc3)C2C#N)ccc1O. The summed E-state index contributed by atoms with van der Waals surface area (Å²) >= 11 is 1.55. The van der Waals surface area contributed by atoms with Gasteiger partial charge in [0.1, 0.15) is 5.92 Å². The Labute approximate surface area is 180 Å². The number of ketones is 1. The number of carbonyl (C=O) groups excluding carboxylic acids is 1. The van der Waals surface area contributed by atoms with Gasteiger partial charge in [-0.05, 0) is 36.1 Å². The fraction of sp³-hybridized carbons (Fsp3) is 0.292. The van der Waals surface area contributed by atoms with Gasteiger partial charge in [-0.2, -0.15) is 5.26 Å². The maximum absolute atomic E-state index is 12.9. The fourth-order valence-corrected chi connectivity index (χ4v) is 5.11. The third kappa shape index (κ3) is 3.86. The van der Waals surface area contributed by atoms with E-state index in [1.165, 1.54) is 7.11 Å². The second kappa shape index (κ2) is 8.76. The smallest absolute Gasteiger partial charge is 0.161 e. The Hall–Kier alpha value is -3.04. The van der Waals surface area contributed by atoms with Crippen LogP contribution >= 0.6 is 11.8 Å². The number of nitriles is 1. The Morgan fingerprint density at radius 3 is 2.77 bits per heavy atom. The van der Waals surface area contributed by atoms with Crippen LogP contribution in [-0.2, 0) is 10.5 Å². The number of ether oxygens (including phenoxy) is 1. The summed E-state index contributed by atoms with van der Waals surface area (Å²) in [6, 6.07) is 17.5. The molecular weight excluding hydrogens is 396 g/mol. The predicted molar refractivity (Wildman–Crippen MR) is 118 cm³/mol. The lowest BCUT2D eigenvalue weighted by Gasteiger charge is -2.33. The molecule has 0 aromatic heterocycles. The number of nitrogens with zero attached hydrogens (tertiary/aromatic N) is 2. The van der Waals surface area contributed by atoms with Crippen LogP contribution in [0.3, 0.4) is 0 Å². The Bertz CT molecular complexity index is 1070. The molecule has 2 aromatic rings. The molecule has 0 radical (unpaired) electrons. The van der Waals surface area contributed by atoms with E-state index >= 15 is 0 Å². The van der Waals surface area contributed by atoms with Gasteiger partial charge >= 0.3 is 0 Å². The van der Waals surface area contributed by atoms with Gasteiger partial charge in [-0.25, -0.2) is 4.99 Å². The number of allylic oxidation sites excluding steroid dienone is 2. The molecule has 2 aliphatic rings. The first kappa shape index (κ1) is 20.2. The molecule has 0 bridgehead atoms. The van der Waals surface area contributed by atoms with Crippen molar-refractivity contribution in [1.82, 2.24) is 0 Å². The van der Waals surface area contributed by atoms with Crippen LogP contribution in [0.15, 0.2) is 64.8 Å². The van der Waals surface area contributed by atoms with Crippen LogP contribution in [0.5, 0.6) is 11.5 Å². The van der Waals surface area contributed by atoms with Gasteiger partial charge in [0.25, 0.3) is 0 Å². The first-order valence-corrected chi connectivity index (χ1v) is 10.9. The van der Waals surface area contributed by atoms with E-state index in [0.29, 0.717) is 23.5 Å². The monoisotopic (exact) mass is 418 g/mol. The maximum atomic E-state index is 12.9. The zero-order valence-corrected chi connectivity index (χ0v) is 17.5. The minimum Gasteiger partial charge on any atom is -0.504 e. The number of methoxy groups -OCH3 is 1. The van der Waals surface area contributed by atoms with Crippen LogP contribution in [0.1, 0.15) is 36.3 Å². The van der Waals surface area contributed by atoms with E-state index in [9.17, 15) is 15.2 Å². The van der Waals surface area contributed by atoms with Crippen LogP contribution in [0.25, 0.3) is 0 Å². The first-order chi connectivity index (χ1) is 14.6. The number of phenolic OH excluding ortho intramolecular Hbond substituents is 1. The van der Waals surface area contributed by atoms with E-state index in [0.717, 1.165) is 34.7 Å². The standard InChI is InChI=1S/C24H22N2O3S/c1-29-21-12-16(10-11-19(21)27)22-17(13-25)24(30-14-15-6-3-2-4-7-15)26-18-8-5-9-20(28)23(18)22/h2-4,6-7,10-12,17,22,27H,5,8-9,14H2,1H3/t17?,22-/m0/s1. The molecule has 0 saturated carbocycles. The summed E-state index contributed by atoms with van der Waals surface area (Å²) in [4.78, 5) is 17.6. The summed E-state index contributed by atoms with van der Waals surface area (Å²) in [5.74, 6) is 0.152. The number of phenols is 1. The zero-order valence-electron chi connectivity index (χ0n) is 16.7. The molecule has 0 amide bonds. The van der Waals surface area contributed by atoms with Crippen molar-refractivity contribution in [2.24, 2.45) is 10.9 Å². The van der Waals surface area contributed by atoms with Crippen molar-refractivity contribution in [3.63, 3.8) is 0 Å². The second-order valence-electron chi connectivity index (χ2n) is 7.38. The topological polar surface area (TPSA) is 82.7 Å². The summed E-state index contributed by atoms with van der Waals surface area (Å²) < 4.78 is 5.27. The quantitative estimate of drug-likeness (QED) is 0.757. The van der Waals surface area contributed by atoms with E-state index in [1.807, 2.05) is 18.2 Å². The van der Waals surface area contributed by atoms with Gasteiger partial charge in [-0.15, -0.1) is 11.8 Å². The van der Waals surface area contributed by atoms with Crippen molar-refractivity contribution in [2.45, 2.75) is 30.9 Å². The second-order valence-corrected chi connectivity index (χ2v) is 8.37. The minimum absolute atomic E-state index is 0.0297. The van der Waals surface area contributed by atoms with Crippen molar-refractivity contribution in [3.05, 3.63) is 70.9 Å². The van der Waals surface area contributed by atoms with Crippen molar-refractivity contribution in [2.75, 3.05) is 7.11 Å². The molecule has 2 atom stereocenters. The number of aliphatic imine (C=N–C) groups is 1. The van der Waals surface area contributed by atoms with Gasteiger partial charge in [0.05, 0.1) is 18.2 Å². The molecule has 1 aliphatic carbocycles. The average molecular weight is 419 g/mol. The number of rotatable bonds is 4. The van der Waals surface area contributed by atoms with E-state index in [-0.39, 0.29) is 11.5 Å². The number of carbonyl (C=O) groups is 1. The van der Waals surface area contributed by atoms with E-state index in [4.69, 9.17) is 9.73 Å². The summed E-state index contributed by atoms with van der Waals surface area (Å²) in [6.07, 6.45) is 1.99. The molecule has 1 N–H and O–H groups in total. The molecule has 1 heterocycles. The van der Waals surface area contributed by atoms with Gasteiger partial charge in [0.2, 0.25) is 0 Å². The Kier molecular flexibility index (Phi) is 5.91. The lowest BCUT2D eigenvalue weighted by Crippen LogP contribution is -2.30. The van der Waals surface area contributed by atoms with E-state index in [1.54, 1.807) is 30.0 Å². The van der Waals surface area contributed by atoms with Crippen LogP contribution < -0.4 is 4.74 Å². The summed E-state index contributed by atoms with van der Waals surface area (Å²) in [5, 5.41) is 20.8. The number of thioether (sulfide) groups is 1. The number of hydrogen-bond acceptors (Lipinski definition) is 6. The highest BCUT2D eigenvalue weighted by Crippen LogP contribution is 2.46. The first-order valence-electron chi connectivity index (χ1n) is 9.90. The van der Waals surface area contributed by atoms with Crippen LogP contribution in [-0.4, -0.2) is 23.0 Å². The van der Waals surface area contributed by atoms with Crippen molar-refractivity contribution >= 4 is 22.6 Å². The molecule has 152 valence electrons. The molecule has 1 unspecified atom stereocenters. The Morgan fingerprint density at radius 2 is 2.03 bits per heavy atom. The summed E-state index contributed by atoms with van der Waals surface area (Å²) in [6.45, 7) is 0. The van der Waals surface area contributed by atoms with Gasteiger partial charge in [-0.3, -0.25) is 4.79 Å². The maximum Gasteiger partial charge on any atom is 0.161 e. The minimum atomic E-state index is -0.561. The largest absolute Gasteiger partial charge is 0.504 e. The highest BCUT2D eigenvalue weighted by atomic mass is 32.2. The molecule has 5 nitrogen and oxygen atoms in total. The highest BCUT2D eigenvalue weighted by Gasteiger charge is 2.40. The molecule has 30 heavy (non-hydrogen) atoms. The van der Waals surface area contributed by atoms with Crippen LogP contribution in [0.2, 0.25) is 0 Å². The van der Waals surface area contributed by atoms with Crippen molar-refractivity contribution < 1.29 is 14.6 Å². The molecule has 4 rings (SSSR count). The number of aromatic hydroxyl groups is 1. The third-order valence-electron chi connectivity index (χ3n) is 5.52. The lowest BCUT2D eigenvalue weighted by molar-refractivity contribution is -0.116. The summed E-state index contributed by atoms with van der Waals surface area (Å²) in [7, 11) is 1.49. The lowest BCUT2D eigenvalue weighted by atomic mass is 9.74. The van der Waals surface area contributed by atoms with E-state index < -0.39 is 11.8 Å². The van der Waals surface area contributed by atoms with Gasteiger partial charge in [0.15, 0.2) is 17.3 Å². The fourth-order valence-electron chi connectivity index (χ4n) is 4.06. The summed E-state index contributed by atoms with van der Waals surface area (Å²) in [5.41, 5.74) is 3.38. The Morgan fingerprint density at radius 1 is 1.23 bits per heavy atom. The number of Topliss-reactive ketones (excluding diaryl/α,β-unsaturated/α-hetero) is 1. The predicted octanol–water partition coefficient (Wildman–Crippen LogP) is 4.98. The van der Waals surface area contributed by atoms with Gasteiger partial charge in [-0.1, -0.05) is 36.4 Å². The zero-order chi connectivity index (χ0) is 21.1. The van der Waals surface area contributed by atoms with Crippen molar-refractivity contribution in [1.29, 1.82) is 5.26 Å². The van der Waals surface area contributed by atoms with Crippen molar-refractivity contribution in [3.8, 4) is 17.6 Å². The molecule has 0 saturated heterocycles. The molecule has 2 aromatic carbocycles. The van der Waals surface area contributed by atoms with Crippen LogP contribution in [0.4, 0.5) is 0 Å². The van der Waals surface area contributed by atoms with Gasteiger partial charge < -0.3 is 9.84 Å². The molecular formula is C24H22N2O3S. The molecule has 6 heteroatoms. The molecule has 1 aliphatic heterocycles. The van der Waals surface area contributed by atoms with E-state index in [2.05, 4.69) is 18.2 Å². The Balaban J connectivity index is 1.76. The van der Waals surface area contributed by atoms with Crippen LogP contribution in [0, 0.1) is 17.2 Å². The molecule has 0 fully saturated rings. The number of hydrogen-bond donors (Lipinski definition) is 1. The molecule has 0 spiro atoms. The number of benzene rings is 2. The normalized spacial score (nSPS) is 20.9. The third-order valence-corrected chi connectivity index (χ3v) is 6.63. The highest BCUT2D eigenvalue weighted by molar-refractivity contribution is 8.13.